The maximum absolute atomic E-state index is 12.3. The first-order chi connectivity index (χ1) is 11.9. The van der Waals surface area contributed by atoms with E-state index in [1.54, 1.807) is 0 Å². The highest BCUT2D eigenvalue weighted by Crippen LogP contribution is 2.25. The minimum absolute atomic E-state index is 0.111. The molecule has 0 bridgehead atoms. The third-order valence-electron chi connectivity index (χ3n) is 3.67. The van der Waals surface area contributed by atoms with E-state index in [1.807, 2.05) is 52.0 Å². The standard InChI is InChI=1S/C17H19N5OS2/c1-9-6-5-7-13(8-9)14-19-17(22-21-14)25-12(4)15(23)20-16-18-10(2)11(3)24-16/h5-8,12H,1-4H3,(H,18,20,23)(H,19,21,22)/t12-/m1/s1. The van der Waals surface area contributed by atoms with Crippen LogP contribution in [0.3, 0.4) is 0 Å². The highest BCUT2D eigenvalue weighted by atomic mass is 32.2. The van der Waals surface area contributed by atoms with Crippen LogP contribution >= 0.6 is 23.1 Å². The van der Waals surface area contributed by atoms with Gasteiger partial charge in [0.2, 0.25) is 11.1 Å². The number of hydrogen-bond acceptors (Lipinski definition) is 6. The van der Waals surface area contributed by atoms with Crippen molar-refractivity contribution in [1.82, 2.24) is 20.2 Å². The molecule has 2 heterocycles. The van der Waals surface area contributed by atoms with Gasteiger partial charge in [0.15, 0.2) is 11.0 Å². The number of hydrogen-bond donors (Lipinski definition) is 2. The molecule has 3 aromatic rings. The van der Waals surface area contributed by atoms with Gasteiger partial charge >= 0.3 is 0 Å². The van der Waals surface area contributed by atoms with Crippen molar-refractivity contribution in [2.75, 3.05) is 5.32 Å². The predicted molar refractivity (Wildman–Crippen MR) is 102 cm³/mol. The van der Waals surface area contributed by atoms with Crippen molar-refractivity contribution in [1.29, 1.82) is 0 Å². The van der Waals surface area contributed by atoms with Gasteiger partial charge in [0, 0.05) is 10.4 Å². The van der Waals surface area contributed by atoms with E-state index in [4.69, 9.17) is 0 Å². The molecule has 8 heteroatoms. The van der Waals surface area contributed by atoms with Crippen LogP contribution in [0.4, 0.5) is 5.13 Å². The van der Waals surface area contributed by atoms with E-state index in [9.17, 15) is 4.79 Å². The summed E-state index contributed by atoms with van der Waals surface area (Å²) in [4.78, 5) is 22.2. The van der Waals surface area contributed by atoms with Gasteiger partial charge in [0.25, 0.3) is 0 Å². The number of thioether (sulfide) groups is 1. The van der Waals surface area contributed by atoms with Gasteiger partial charge in [0.1, 0.15) is 0 Å². The minimum atomic E-state index is -0.328. The van der Waals surface area contributed by atoms with Gasteiger partial charge in [-0.25, -0.2) is 9.97 Å². The van der Waals surface area contributed by atoms with Gasteiger partial charge in [-0.2, -0.15) is 0 Å². The summed E-state index contributed by atoms with van der Waals surface area (Å²) in [7, 11) is 0. The number of nitrogens with one attached hydrogen (secondary N) is 2. The van der Waals surface area contributed by atoms with Crippen LogP contribution in [-0.4, -0.2) is 31.3 Å². The number of rotatable bonds is 5. The summed E-state index contributed by atoms with van der Waals surface area (Å²) < 4.78 is 0. The van der Waals surface area contributed by atoms with Crippen molar-refractivity contribution >= 4 is 34.1 Å². The van der Waals surface area contributed by atoms with E-state index in [0.29, 0.717) is 16.1 Å². The third kappa shape index (κ3) is 4.26. The van der Waals surface area contributed by atoms with Crippen molar-refractivity contribution in [2.24, 2.45) is 0 Å². The van der Waals surface area contributed by atoms with E-state index in [1.165, 1.54) is 23.1 Å². The van der Waals surface area contributed by atoms with Gasteiger partial charge in [-0.1, -0.05) is 35.5 Å². The Morgan fingerprint density at radius 2 is 2.08 bits per heavy atom. The SMILES string of the molecule is Cc1cccc(-c2nc(S[C@H](C)C(=O)Nc3nc(C)c(C)s3)n[nH]2)c1. The Balaban J connectivity index is 1.64. The lowest BCUT2D eigenvalue weighted by Crippen LogP contribution is -2.22. The zero-order valence-electron chi connectivity index (χ0n) is 14.5. The molecule has 3 rings (SSSR count). The average molecular weight is 374 g/mol. The van der Waals surface area contributed by atoms with Crippen LogP contribution in [0.15, 0.2) is 29.4 Å². The average Bonchev–Trinajstić information content (AvgIpc) is 3.14. The summed E-state index contributed by atoms with van der Waals surface area (Å²) in [5.41, 5.74) is 3.08. The molecular weight excluding hydrogens is 354 g/mol. The second kappa shape index (κ2) is 7.37. The molecule has 0 saturated heterocycles. The molecule has 2 aromatic heterocycles. The van der Waals surface area contributed by atoms with Crippen LogP contribution in [0.25, 0.3) is 11.4 Å². The number of nitrogens with zero attached hydrogens (tertiary/aromatic N) is 3. The number of H-pyrrole nitrogens is 1. The summed E-state index contributed by atoms with van der Waals surface area (Å²) in [6.45, 7) is 7.78. The molecule has 2 N–H and O–H groups in total. The highest BCUT2D eigenvalue weighted by Gasteiger charge is 2.19. The molecular formula is C17H19N5OS2. The molecule has 0 aliphatic rings. The molecule has 1 atom stereocenters. The molecule has 0 spiro atoms. The fourth-order valence-corrected chi connectivity index (χ4v) is 3.71. The largest absolute Gasteiger partial charge is 0.301 e. The van der Waals surface area contributed by atoms with E-state index in [0.717, 1.165) is 21.7 Å². The number of benzene rings is 1. The molecule has 0 aliphatic carbocycles. The first-order valence-corrected chi connectivity index (χ1v) is 9.53. The number of carbonyl (C=O) groups excluding carboxylic acids is 1. The molecule has 1 amide bonds. The van der Waals surface area contributed by atoms with Crippen molar-refractivity contribution < 1.29 is 4.79 Å². The fraction of sp³-hybridized carbons (Fsp3) is 0.294. The van der Waals surface area contributed by atoms with Crippen LogP contribution in [0, 0.1) is 20.8 Å². The molecule has 0 fully saturated rings. The number of carbonyl (C=O) groups is 1. The third-order valence-corrected chi connectivity index (χ3v) is 5.62. The molecule has 25 heavy (non-hydrogen) atoms. The van der Waals surface area contributed by atoms with Crippen LogP contribution in [-0.2, 0) is 4.79 Å². The molecule has 130 valence electrons. The lowest BCUT2D eigenvalue weighted by molar-refractivity contribution is -0.115. The van der Waals surface area contributed by atoms with Gasteiger partial charge in [-0.15, -0.1) is 16.4 Å². The zero-order valence-corrected chi connectivity index (χ0v) is 16.1. The Morgan fingerprint density at radius 3 is 2.76 bits per heavy atom. The van der Waals surface area contributed by atoms with Crippen LogP contribution in [0.1, 0.15) is 23.1 Å². The van der Waals surface area contributed by atoms with Gasteiger partial charge in [-0.3, -0.25) is 9.89 Å². The van der Waals surface area contributed by atoms with E-state index in [2.05, 4.69) is 25.5 Å². The number of aromatic amines is 1. The van der Waals surface area contributed by atoms with Crippen molar-refractivity contribution in [3.8, 4) is 11.4 Å². The van der Waals surface area contributed by atoms with Crippen molar-refractivity contribution in [3.05, 3.63) is 40.4 Å². The quantitative estimate of drug-likeness (QED) is 0.661. The minimum Gasteiger partial charge on any atom is -0.301 e. The number of thiazole rings is 1. The molecule has 0 aliphatic heterocycles. The normalized spacial score (nSPS) is 12.2. The Hall–Kier alpha value is -2.19. The summed E-state index contributed by atoms with van der Waals surface area (Å²) in [6.07, 6.45) is 0. The van der Waals surface area contributed by atoms with Crippen LogP contribution in [0.2, 0.25) is 0 Å². The molecule has 0 radical (unpaired) electrons. The molecule has 0 saturated carbocycles. The lowest BCUT2D eigenvalue weighted by atomic mass is 10.1. The predicted octanol–water partition coefficient (Wildman–Crippen LogP) is 3.97. The first-order valence-electron chi connectivity index (χ1n) is 7.83. The van der Waals surface area contributed by atoms with E-state index in [-0.39, 0.29) is 11.2 Å². The maximum atomic E-state index is 12.3. The van der Waals surface area contributed by atoms with E-state index < -0.39 is 0 Å². The highest BCUT2D eigenvalue weighted by molar-refractivity contribution is 8.00. The Bertz CT molecular complexity index is 883. The van der Waals surface area contributed by atoms with Crippen LogP contribution in [0.5, 0.6) is 0 Å². The summed E-state index contributed by atoms with van der Waals surface area (Å²) in [5, 5.41) is 10.8. The Labute approximate surface area is 154 Å². The van der Waals surface area contributed by atoms with Crippen molar-refractivity contribution in [3.63, 3.8) is 0 Å². The molecule has 6 nitrogen and oxygen atoms in total. The lowest BCUT2D eigenvalue weighted by Gasteiger charge is -2.07. The summed E-state index contributed by atoms with van der Waals surface area (Å²) in [5.74, 6) is 0.589. The Kier molecular flexibility index (Phi) is 5.19. The first kappa shape index (κ1) is 17.6. The smallest absolute Gasteiger partial charge is 0.239 e. The van der Waals surface area contributed by atoms with Gasteiger partial charge < -0.3 is 5.32 Å². The summed E-state index contributed by atoms with van der Waals surface area (Å²) in [6, 6.07) is 8.03. The fourth-order valence-electron chi connectivity index (χ4n) is 2.17. The maximum Gasteiger partial charge on any atom is 0.239 e. The second-order valence-electron chi connectivity index (χ2n) is 5.75. The number of aromatic nitrogens is 4. The van der Waals surface area contributed by atoms with Crippen LogP contribution < -0.4 is 5.32 Å². The molecule has 1 aromatic carbocycles. The second-order valence-corrected chi connectivity index (χ2v) is 8.26. The Morgan fingerprint density at radius 1 is 1.28 bits per heavy atom. The van der Waals surface area contributed by atoms with Gasteiger partial charge in [-0.05, 0) is 33.8 Å². The molecule has 0 unspecified atom stereocenters. The topological polar surface area (TPSA) is 83.6 Å². The van der Waals surface area contributed by atoms with Crippen molar-refractivity contribution in [2.45, 2.75) is 38.1 Å². The van der Waals surface area contributed by atoms with E-state index >= 15 is 0 Å². The monoisotopic (exact) mass is 373 g/mol. The summed E-state index contributed by atoms with van der Waals surface area (Å²) >= 11 is 2.79. The number of anilines is 1. The number of aryl methyl sites for hydroxylation is 3. The zero-order chi connectivity index (χ0) is 18.0. The number of amides is 1. The van der Waals surface area contributed by atoms with Gasteiger partial charge in [0.05, 0.1) is 10.9 Å².